The van der Waals surface area contributed by atoms with Crippen LogP contribution in [0.3, 0.4) is 0 Å². The van der Waals surface area contributed by atoms with E-state index in [1.54, 1.807) is 0 Å². The molecule has 0 aromatic carbocycles. The largest absolute Gasteiger partial charge is 0.395 e. The fourth-order valence-electron chi connectivity index (χ4n) is 0.211. The first-order valence-corrected chi connectivity index (χ1v) is 4.35. The second kappa shape index (κ2) is 8.33. The highest BCUT2D eigenvalue weighted by Crippen LogP contribution is 2.11. The van der Waals surface area contributed by atoms with Crippen molar-refractivity contribution < 1.29 is 19.8 Å². The van der Waals surface area contributed by atoms with E-state index in [1.807, 2.05) is 13.8 Å². The Bertz CT molecular complexity index is 78.1. The molecule has 6 heteroatoms. The van der Waals surface area contributed by atoms with Crippen LogP contribution in [-0.4, -0.2) is 32.4 Å². The summed E-state index contributed by atoms with van der Waals surface area (Å²) in [5.41, 5.74) is 5.37. The van der Waals surface area contributed by atoms with Gasteiger partial charge in [-0.25, -0.2) is 0 Å². The van der Waals surface area contributed by atoms with Crippen LogP contribution in [0.2, 0.25) is 0 Å². The predicted octanol–water partition coefficient (Wildman–Crippen LogP) is -0.848. The number of hydrogen-bond donors (Lipinski definition) is 5. The van der Waals surface area contributed by atoms with Gasteiger partial charge in [-0.15, -0.1) is 0 Å². The van der Waals surface area contributed by atoms with E-state index >= 15 is 0 Å². The Labute approximate surface area is 67.5 Å². The minimum absolute atomic E-state index is 0.0417. The van der Waals surface area contributed by atoms with E-state index in [0.717, 1.165) is 0 Å². The van der Waals surface area contributed by atoms with Crippen LogP contribution in [0.5, 0.6) is 0 Å². The molecule has 1 unspecified atom stereocenters. The molecule has 70 valence electrons. The van der Waals surface area contributed by atoms with Crippen LogP contribution >= 0.6 is 8.60 Å². The molecule has 0 aliphatic carbocycles. The maximum Gasteiger partial charge on any atom is 0.324 e. The van der Waals surface area contributed by atoms with Gasteiger partial charge in [0.2, 0.25) is 0 Å². The molecule has 0 spiro atoms. The third-order valence-corrected chi connectivity index (χ3v) is 1.07. The standard InChI is InChI=1S/C5H13NO.H3O3P/c1-4(2)5(6)3-7;1-4(2)3/h4-5,7H,3,6H2,1-2H3;1-3H. The van der Waals surface area contributed by atoms with Gasteiger partial charge in [0, 0.05) is 6.04 Å². The van der Waals surface area contributed by atoms with Crippen molar-refractivity contribution in [3.63, 3.8) is 0 Å². The van der Waals surface area contributed by atoms with Gasteiger partial charge < -0.3 is 25.5 Å². The topological polar surface area (TPSA) is 107 Å². The van der Waals surface area contributed by atoms with Gasteiger partial charge in [-0.05, 0) is 5.92 Å². The number of aliphatic hydroxyl groups excluding tert-OH is 1. The van der Waals surface area contributed by atoms with E-state index in [2.05, 4.69) is 0 Å². The molecular formula is C5H16NO4P. The second-order valence-electron chi connectivity index (χ2n) is 2.36. The van der Waals surface area contributed by atoms with Crippen LogP contribution < -0.4 is 5.73 Å². The quantitative estimate of drug-likeness (QED) is 0.360. The van der Waals surface area contributed by atoms with Crippen molar-refractivity contribution >= 4 is 8.60 Å². The summed E-state index contributed by atoms with van der Waals surface area (Å²) in [5.74, 6) is 0.394. The first kappa shape index (κ1) is 13.8. The molecule has 0 fully saturated rings. The molecule has 0 aliphatic rings. The number of hydrogen-bond acceptors (Lipinski definition) is 5. The zero-order valence-electron chi connectivity index (χ0n) is 6.68. The lowest BCUT2D eigenvalue weighted by atomic mass is 10.1. The van der Waals surface area contributed by atoms with Crippen LogP contribution in [0.4, 0.5) is 0 Å². The third-order valence-electron chi connectivity index (χ3n) is 1.07. The lowest BCUT2D eigenvalue weighted by Gasteiger charge is -2.10. The first-order chi connectivity index (χ1) is 4.91. The minimum Gasteiger partial charge on any atom is -0.395 e. The summed E-state index contributed by atoms with van der Waals surface area (Å²) >= 11 is 0. The van der Waals surface area contributed by atoms with E-state index in [1.165, 1.54) is 0 Å². The zero-order chi connectivity index (χ0) is 9.44. The summed E-state index contributed by atoms with van der Waals surface area (Å²) in [5, 5.41) is 8.38. The lowest BCUT2D eigenvalue weighted by Crippen LogP contribution is -2.29. The summed E-state index contributed by atoms with van der Waals surface area (Å²) in [4.78, 5) is 21.7. The van der Waals surface area contributed by atoms with Crippen LogP contribution in [-0.2, 0) is 0 Å². The monoisotopic (exact) mass is 185 g/mol. The summed E-state index contributed by atoms with van der Waals surface area (Å²) in [7, 11) is -2.62. The van der Waals surface area contributed by atoms with E-state index < -0.39 is 8.60 Å². The molecule has 0 radical (unpaired) electrons. The SMILES string of the molecule is CC(C)C(N)CO.OP(O)O. The van der Waals surface area contributed by atoms with Gasteiger partial charge in [0.1, 0.15) is 0 Å². The molecule has 11 heavy (non-hydrogen) atoms. The number of nitrogens with two attached hydrogens (primary N) is 1. The summed E-state index contributed by atoms with van der Waals surface area (Å²) in [6.45, 7) is 4.07. The van der Waals surface area contributed by atoms with Crippen molar-refractivity contribution in [2.45, 2.75) is 19.9 Å². The first-order valence-electron chi connectivity index (χ1n) is 3.15. The summed E-state index contributed by atoms with van der Waals surface area (Å²) < 4.78 is 0. The highest BCUT2D eigenvalue weighted by molar-refractivity contribution is 7.38. The highest BCUT2D eigenvalue weighted by atomic mass is 31.2. The molecular weight excluding hydrogens is 169 g/mol. The van der Waals surface area contributed by atoms with Gasteiger partial charge in [-0.1, -0.05) is 13.8 Å². The Morgan fingerprint density at radius 1 is 1.27 bits per heavy atom. The molecule has 1 atom stereocenters. The average Bonchev–Trinajstić information content (AvgIpc) is 1.85. The molecule has 0 amide bonds. The van der Waals surface area contributed by atoms with Crippen molar-refractivity contribution in [1.29, 1.82) is 0 Å². The van der Waals surface area contributed by atoms with Crippen LogP contribution in [0.25, 0.3) is 0 Å². The maximum atomic E-state index is 8.38. The van der Waals surface area contributed by atoms with E-state index in [9.17, 15) is 0 Å². The predicted molar refractivity (Wildman–Crippen MR) is 43.5 cm³/mol. The fourth-order valence-corrected chi connectivity index (χ4v) is 0.211. The Morgan fingerprint density at radius 2 is 1.55 bits per heavy atom. The number of aliphatic hydroxyl groups is 1. The maximum absolute atomic E-state index is 8.38. The smallest absolute Gasteiger partial charge is 0.324 e. The van der Waals surface area contributed by atoms with Gasteiger partial charge in [-0.3, -0.25) is 0 Å². The lowest BCUT2D eigenvalue weighted by molar-refractivity contribution is 0.238. The van der Waals surface area contributed by atoms with E-state index in [0.29, 0.717) is 5.92 Å². The molecule has 0 saturated carbocycles. The van der Waals surface area contributed by atoms with E-state index in [4.69, 9.17) is 25.5 Å². The minimum atomic E-state index is -2.62. The van der Waals surface area contributed by atoms with E-state index in [-0.39, 0.29) is 12.6 Å². The van der Waals surface area contributed by atoms with Gasteiger partial charge in [0.15, 0.2) is 0 Å². The Kier molecular flexibility index (Phi) is 10.4. The van der Waals surface area contributed by atoms with Gasteiger partial charge in [-0.2, -0.15) is 0 Å². The number of rotatable bonds is 2. The Hall–Kier alpha value is 0.230. The molecule has 0 aliphatic heterocycles. The van der Waals surface area contributed by atoms with Crippen LogP contribution in [0.1, 0.15) is 13.8 Å². The average molecular weight is 185 g/mol. The molecule has 6 N–H and O–H groups in total. The van der Waals surface area contributed by atoms with Gasteiger partial charge >= 0.3 is 8.60 Å². The molecule has 5 nitrogen and oxygen atoms in total. The van der Waals surface area contributed by atoms with Crippen molar-refractivity contribution in [2.24, 2.45) is 11.7 Å². The Balaban J connectivity index is 0. The van der Waals surface area contributed by atoms with Crippen molar-refractivity contribution in [2.75, 3.05) is 6.61 Å². The molecule has 0 aromatic heterocycles. The summed E-state index contributed by atoms with van der Waals surface area (Å²) in [6, 6.07) is -0.0417. The molecule has 0 bridgehead atoms. The van der Waals surface area contributed by atoms with Gasteiger partial charge in [0.05, 0.1) is 6.61 Å². The molecule has 0 saturated heterocycles. The summed E-state index contributed by atoms with van der Waals surface area (Å²) in [6.07, 6.45) is 0. The zero-order valence-corrected chi connectivity index (χ0v) is 7.57. The van der Waals surface area contributed by atoms with Crippen LogP contribution in [0.15, 0.2) is 0 Å². The molecule has 0 heterocycles. The van der Waals surface area contributed by atoms with Crippen molar-refractivity contribution in [3.8, 4) is 0 Å². The second-order valence-corrected chi connectivity index (χ2v) is 2.90. The fraction of sp³-hybridized carbons (Fsp3) is 1.00. The van der Waals surface area contributed by atoms with Gasteiger partial charge in [0.25, 0.3) is 0 Å². The highest BCUT2D eigenvalue weighted by Gasteiger charge is 2.02. The van der Waals surface area contributed by atoms with Crippen molar-refractivity contribution in [3.05, 3.63) is 0 Å². The molecule has 0 aromatic rings. The normalized spacial score (nSPS) is 12.8. The third kappa shape index (κ3) is 17.9. The van der Waals surface area contributed by atoms with Crippen LogP contribution in [0, 0.1) is 5.92 Å². The molecule has 0 rings (SSSR count). The Morgan fingerprint density at radius 3 is 1.55 bits per heavy atom. The van der Waals surface area contributed by atoms with Crippen molar-refractivity contribution in [1.82, 2.24) is 0 Å².